The van der Waals surface area contributed by atoms with Gasteiger partial charge in [-0.15, -0.1) is 0 Å². The van der Waals surface area contributed by atoms with E-state index in [-0.39, 0.29) is 33.5 Å². The van der Waals surface area contributed by atoms with E-state index in [1.165, 1.54) is 32.7 Å². The summed E-state index contributed by atoms with van der Waals surface area (Å²) in [6, 6.07) is 25.3. The molecular weight excluding hydrogens is 492 g/mol. The molecule has 4 heteroatoms. The monoisotopic (exact) mass is 524 g/mol. The van der Waals surface area contributed by atoms with Crippen molar-refractivity contribution >= 4 is 44.4 Å². The lowest BCUT2D eigenvalue weighted by Gasteiger charge is -2.32. The summed E-state index contributed by atoms with van der Waals surface area (Å²) in [5.74, 6) is -0.361. The number of nitrogens with zero attached hydrogens (tertiary/aromatic N) is 2. The van der Waals surface area contributed by atoms with E-state index in [2.05, 4.69) is 97.8 Å². The number of anilines is 1. The number of fused-ring (bicyclic) bond motifs is 6. The van der Waals surface area contributed by atoms with Gasteiger partial charge in [0.05, 0.1) is 16.5 Å². The predicted molar refractivity (Wildman–Crippen MR) is 161 cm³/mol. The summed E-state index contributed by atoms with van der Waals surface area (Å²) in [5.41, 5.74) is 6.44. The maximum Gasteiger partial charge on any atom is 0.217 e. The Morgan fingerprint density at radius 2 is 1.38 bits per heavy atom. The highest BCUT2D eigenvalue weighted by molar-refractivity contribution is 6.24. The van der Waals surface area contributed by atoms with Crippen LogP contribution in [-0.2, 0) is 15.6 Å². The summed E-state index contributed by atoms with van der Waals surface area (Å²) in [5, 5.41) is 18.2. The van der Waals surface area contributed by atoms with Crippen LogP contribution >= 0.6 is 0 Å². The SMILES string of the molecule is CN1/C(=C/C2=C([O-])C(=C/C3=[N+](C)c4c(ccc5ccccc45)C3(C)C)/C2=O)C(C)(C)c2ccc3ccccc3c21. The smallest absolute Gasteiger partial charge is 0.217 e. The van der Waals surface area contributed by atoms with E-state index in [9.17, 15) is 9.90 Å². The molecule has 0 bridgehead atoms. The Morgan fingerprint density at radius 1 is 0.775 bits per heavy atom. The first kappa shape index (κ1) is 24.6. The summed E-state index contributed by atoms with van der Waals surface area (Å²) < 4.78 is 2.15. The van der Waals surface area contributed by atoms with E-state index in [1.807, 2.05) is 38.4 Å². The molecule has 2 heterocycles. The first-order valence-corrected chi connectivity index (χ1v) is 13.8. The van der Waals surface area contributed by atoms with Crippen molar-refractivity contribution < 1.29 is 14.5 Å². The fourth-order valence-corrected chi connectivity index (χ4v) is 7.12. The summed E-state index contributed by atoms with van der Waals surface area (Å²) in [7, 11) is 4.06. The molecule has 0 radical (unpaired) electrons. The number of carbonyl (C=O) groups excluding carboxylic acids is 1. The Balaban J connectivity index is 1.32. The maximum atomic E-state index is 13.5. The van der Waals surface area contributed by atoms with E-state index in [0.717, 1.165) is 22.8 Å². The average molecular weight is 525 g/mol. The van der Waals surface area contributed by atoms with Crippen molar-refractivity contribution in [1.29, 1.82) is 0 Å². The zero-order valence-corrected chi connectivity index (χ0v) is 23.8. The third-order valence-corrected chi connectivity index (χ3v) is 9.36. The van der Waals surface area contributed by atoms with Gasteiger partial charge in [0, 0.05) is 46.3 Å². The molecule has 4 aromatic rings. The van der Waals surface area contributed by atoms with Gasteiger partial charge < -0.3 is 10.0 Å². The minimum atomic E-state index is -0.341. The van der Waals surface area contributed by atoms with Gasteiger partial charge in [0.15, 0.2) is 11.5 Å². The van der Waals surface area contributed by atoms with Crippen molar-refractivity contribution in [2.24, 2.45) is 0 Å². The van der Waals surface area contributed by atoms with Gasteiger partial charge in [-0.3, -0.25) is 4.79 Å². The molecule has 0 atom stereocenters. The number of rotatable bonds is 2. The third-order valence-electron chi connectivity index (χ3n) is 9.36. The van der Waals surface area contributed by atoms with E-state index in [0.29, 0.717) is 0 Å². The highest BCUT2D eigenvalue weighted by Crippen LogP contribution is 2.51. The number of allylic oxidation sites excluding steroid dienone is 5. The van der Waals surface area contributed by atoms with Crippen LogP contribution in [0.25, 0.3) is 21.5 Å². The number of benzene rings is 4. The topological polar surface area (TPSA) is 46.4 Å². The van der Waals surface area contributed by atoms with Crippen LogP contribution < -0.4 is 10.0 Å². The molecule has 40 heavy (non-hydrogen) atoms. The fraction of sp³-hybridized carbons (Fsp3) is 0.222. The van der Waals surface area contributed by atoms with Gasteiger partial charge in [0.2, 0.25) is 5.69 Å². The zero-order valence-electron chi connectivity index (χ0n) is 23.8. The van der Waals surface area contributed by atoms with Crippen LogP contribution in [0.5, 0.6) is 0 Å². The van der Waals surface area contributed by atoms with Crippen LogP contribution in [-0.4, -0.2) is 30.2 Å². The van der Waals surface area contributed by atoms with E-state index in [4.69, 9.17) is 0 Å². The fourth-order valence-electron chi connectivity index (χ4n) is 7.12. The molecule has 1 aliphatic carbocycles. The molecule has 0 saturated carbocycles. The lowest BCUT2D eigenvalue weighted by molar-refractivity contribution is -0.399. The lowest BCUT2D eigenvalue weighted by atomic mass is 9.77. The van der Waals surface area contributed by atoms with Gasteiger partial charge in [0.25, 0.3) is 0 Å². The summed E-state index contributed by atoms with van der Waals surface area (Å²) in [6.07, 6.45) is 3.65. The molecule has 0 N–H and O–H groups in total. The second-order valence-electron chi connectivity index (χ2n) is 12.3. The van der Waals surface area contributed by atoms with Crippen LogP contribution in [0.15, 0.2) is 108 Å². The lowest BCUT2D eigenvalue weighted by Crippen LogP contribution is -2.34. The van der Waals surface area contributed by atoms with Gasteiger partial charge in [-0.2, -0.15) is 4.58 Å². The van der Waals surface area contributed by atoms with Crippen LogP contribution in [0.4, 0.5) is 11.4 Å². The first-order chi connectivity index (χ1) is 19.0. The van der Waals surface area contributed by atoms with E-state index >= 15 is 0 Å². The summed E-state index contributed by atoms with van der Waals surface area (Å²) in [6.45, 7) is 8.64. The number of likely N-dealkylation sites (N-methyl/N-ethyl adjacent to an activating group) is 1. The Hall–Kier alpha value is -4.44. The van der Waals surface area contributed by atoms with Gasteiger partial charge in [-0.25, -0.2) is 0 Å². The molecule has 0 saturated heterocycles. The maximum absolute atomic E-state index is 13.5. The highest BCUT2D eigenvalue weighted by atomic mass is 16.3. The second-order valence-corrected chi connectivity index (χ2v) is 12.3. The molecule has 0 spiro atoms. The number of hydrogen-bond donors (Lipinski definition) is 0. The van der Waals surface area contributed by atoms with Gasteiger partial charge in [0.1, 0.15) is 7.05 Å². The van der Waals surface area contributed by atoms with Crippen molar-refractivity contribution in [2.45, 2.75) is 38.5 Å². The van der Waals surface area contributed by atoms with Crippen molar-refractivity contribution in [2.75, 3.05) is 19.0 Å². The van der Waals surface area contributed by atoms with E-state index < -0.39 is 0 Å². The normalized spacial score (nSPS) is 21.1. The zero-order chi connectivity index (χ0) is 28.1. The molecular formula is C36H32N2O2. The number of Topliss-reactive ketones (excluding diaryl/α,β-unsaturated/α-hetero) is 1. The highest BCUT2D eigenvalue weighted by Gasteiger charge is 2.46. The summed E-state index contributed by atoms with van der Waals surface area (Å²) >= 11 is 0. The van der Waals surface area contributed by atoms with E-state index in [1.54, 1.807) is 0 Å². The van der Waals surface area contributed by atoms with Crippen molar-refractivity contribution in [3.8, 4) is 0 Å². The van der Waals surface area contributed by atoms with Gasteiger partial charge in [-0.05, 0) is 42.3 Å². The molecule has 7 rings (SSSR count). The molecule has 0 fully saturated rings. The Labute approximate surface area is 234 Å². The number of carbonyl (C=O) groups is 1. The minimum absolute atomic E-state index is 0.181. The Bertz CT molecular complexity index is 1950. The van der Waals surface area contributed by atoms with Gasteiger partial charge in [-0.1, -0.05) is 86.3 Å². The minimum Gasteiger partial charge on any atom is -0.871 e. The van der Waals surface area contributed by atoms with Crippen LogP contribution in [0.2, 0.25) is 0 Å². The largest absolute Gasteiger partial charge is 0.871 e. The van der Waals surface area contributed by atoms with Crippen LogP contribution in [0.3, 0.4) is 0 Å². The van der Waals surface area contributed by atoms with Crippen molar-refractivity contribution in [1.82, 2.24) is 0 Å². The second kappa shape index (κ2) is 8.04. The molecule has 4 nitrogen and oxygen atoms in total. The van der Waals surface area contributed by atoms with Gasteiger partial charge >= 0.3 is 0 Å². The predicted octanol–water partition coefficient (Wildman–Crippen LogP) is 6.43. The van der Waals surface area contributed by atoms with Crippen LogP contribution in [0, 0.1) is 0 Å². The average Bonchev–Trinajstić information content (AvgIpc) is 3.27. The first-order valence-electron chi connectivity index (χ1n) is 13.8. The quantitative estimate of drug-likeness (QED) is 0.224. The van der Waals surface area contributed by atoms with Crippen molar-refractivity contribution in [3.05, 3.63) is 119 Å². The molecule has 0 amide bonds. The molecule has 0 unspecified atom stereocenters. The molecule has 2 aliphatic heterocycles. The standard InChI is InChI=1S/C36H32N2O2/c1-35(2)27-17-15-21-11-7-9-13-23(21)31(27)37(5)29(35)19-25-33(39)26(34(25)40)20-30-36(3,4)28-18-16-22-12-8-10-14-24(22)32(28)38(30)6/h7-20H,1-6H3. The summed E-state index contributed by atoms with van der Waals surface area (Å²) in [4.78, 5) is 15.7. The number of hydrogen-bond acceptors (Lipinski definition) is 3. The Morgan fingerprint density at radius 3 is 2.05 bits per heavy atom. The number of ketones is 1. The third kappa shape index (κ3) is 3.08. The molecule has 198 valence electrons. The molecule has 0 aromatic heterocycles. The van der Waals surface area contributed by atoms with Crippen LogP contribution in [0.1, 0.15) is 38.8 Å². The molecule has 4 aromatic carbocycles. The Kier molecular flexibility index (Phi) is 4.95. The van der Waals surface area contributed by atoms with Crippen molar-refractivity contribution in [3.63, 3.8) is 0 Å². The molecule has 3 aliphatic rings.